The molecule has 2 rings (SSSR count). The third-order valence-corrected chi connectivity index (χ3v) is 5.84. The van der Waals surface area contributed by atoms with E-state index in [1.165, 1.54) is 4.31 Å². The summed E-state index contributed by atoms with van der Waals surface area (Å²) in [4.78, 5) is 0. The summed E-state index contributed by atoms with van der Waals surface area (Å²) >= 11 is 11.8. The lowest BCUT2D eigenvalue weighted by Crippen LogP contribution is -2.44. The number of sulfonamides is 1. The van der Waals surface area contributed by atoms with Crippen molar-refractivity contribution in [3.63, 3.8) is 0 Å². The molecule has 1 fully saturated rings. The van der Waals surface area contributed by atoms with Crippen LogP contribution in [0.2, 0.25) is 10.0 Å². The van der Waals surface area contributed by atoms with Crippen LogP contribution in [0.15, 0.2) is 18.2 Å². The number of halogens is 3. The van der Waals surface area contributed by atoms with Crippen molar-refractivity contribution >= 4 is 45.6 Å². The first kappa shape index (κ1) is 19.0. The first-order chi connectivity index (χ1) is 9.38. The van der Waals surface area contributed by atoms with Crippen LogP contribution in [0, 0.1) is 0 Å². The van der Waals surface area contributed by atoms with Crippen LogP contribution in [0.5, 0.6) is 0 Å². The lowest BCUT2D eigenvalue weighted by atomic mass is 10.1. The number of benzene rings is 1. The molecule has 0 unspecified atom stereocenters. The Labute approximate surface area is 142 Å². The molecule has 1 aliphatic heterocycles. The molecule has 1 N–H and O–H groups in total. The van der Waals surface area contributed by atoms with E-state index in [0.717, 1.165) is 25.9 Å². The minimum Gasteiger partial charge on any atom is -0.317 e. The van der Waals surface area contributed by atoms with E-state index in [0.29, 0.717) is 15.6 Å². The molecule has 8 heteroatoms. The molecular weight excluding hydrogens is 355 g/mol. The molecule has 1 saturated heterocycles. The van der Waals surface area contributed by atoms with Gasteiger partial charge in [0.2, 0.25) is 10.0 Å². The number of piperidine rings is 1. The molecule has 1 heterocycles. The summed E-state index contributed by atoms with van der Waals surface area (Å²) in [5, 5.41) is 4.13. The van der Waals surface area contributed by atoms with E-state index in [4.69, 9.17) is 23.2 Å². The average Bonchev–Trinajstić information content (AvgIpc) is 2.37. The van der Waals surface area contributed by atoms with Crippen molar-refractivity contribution in [2.24, 2.45) is 0 Å². The zero-order chi connectivity index (χ0) is 14.8. The minimum absolute atomic E-state index is 0. The monoisotopic (exact) mass is 372 g/mol. The number of nitrogens with one attached hydrogen (secondary N) is 1. The maximum Gasteiger partial charge on any atom is 0.218 e. The molecule has 0 radical (unpaired) electrons. The zero-order valence-electron chi connectivity index (χ0n) is 11.7. The predicted molar refractivity (Wildman–Crippen MR) is 90.0 cm³/mol. The van der Waals surface area contributed by atoms with Gasteiger partial charge in [-0.25, -0.2) is 12.7 Å². The maximum atomic E-state index is 12.4. The summed E-state index contributed by atoms with van der Waals surface area (Å²) < 4.78 is 26.4. The highest BCUT2D eigenvalue weighted by molar-refractivity contribution is 7.88. The highest BCUT2D eigenvalue weighted by Gasteiger charge is 2.27. The van der Waals surface area contributed by atoms with Crippen molar-refractivity contribution < 1.29 is 8.42 Å². The molecule has 1 aromatic carbocycles. The van der Waals surface area contributed by atoms with Crippen LogP contribution in [0.3, 0.4) is 0 Å². The Morgan fingerprint density at radius 1 is 1.19 bits per heavy atom. The lowest BCUT2D eigenvalue weighted by molar-refractivity contribution is 0.296. The van der Waals surface area contributed by atoms with Crippen LogP contribution < -0.4 is 5.32 Å². The van der Waals surface area contributed by atoms with Crippen LogP contribution in [-0.4, -0.2) is 38.9 Å². The summed E-state index contributed by atoms with van der Waals surface area (Å²) in [6, 6.07) is 4.94. The van der Waals surface area contributed by atoms with Gasteiger partial charge in [0.15, 0.2) is 0 Å². The molecule has 0 saturated carbocycles. The highest BCUT2D eigenvalue weighted by Crippen LogP contribution is 2.23. The Morgan fingerprint density at radius 3 is 2.24 bits per heavy atom. The molecule has 120 valence electrons. The standard InChI is InChI=1S/C13H18Cl2N2O2S.ClH/c1-17(13-2-4-16-5-3-13)20(18,19)9-10-6-11(14)8-12(15)7-10;/h6-8,13,16H,2-5,9H2,1H3;1H. The SMILES string of the molecule is CN(C1CCNCC1)S(=O)(=O)Cc1cc(Cl)cc(Cl)c1.Cl. The van der Waals surface area contributed by atoms with Gasteiger partial charge in [-0.05, 0) is 49.7 Å². The van der Waals surface area contributed by atoms with Gasteiger partial charge < -0.3 is 5.32 Å². The summed E-state index contributed by atoms with van der Waals surface area (Å²) in [5.41, 5.74) is 0.614. The van der Waals surface area contributed by atoms with E-state index in [2.05, 4.69) is 5.32 Å². The highest BCUT2D eigenvalue weighted by atomic mass is 35.5. The fourth-order valence-corrected chi connectivity index (χ4v) is 4.43. The molecule has 0 bridgehead atoms. The van der Waals surface area contributed by atoms with Crippen LogP contribution in [-0.2, 0) is 15.8 Å². The Hall–Kier alpha value is -0.0400. The quantitative estimate of drug-likeness (QED) is 0.883. The van der Waals surface area contributed by atoms with Crippen LogP contribution in [0.1, 0.15) is 18.4 Å². The van der Waals surface area contributed by atoms with Crippen molar-refractivity contribution in [2.45, 2.75) is 24.6 Å². The lowest BCUT2D eigenvalue weighted by Gasteiger charge is -2.30. The van der Waals surface area contributed by atoms with E-state index < -0.39 is 10.0 Å². The Morgan fingerprint density at radius 2 is 1.71 bits per heavy atom. The Bertz CT molecular complexity index is 555. The summed E-state index contributed by atoms with van der Waals surface area (Å²) in [7, 11) is -1.71. The molecule has 0 aromatic heterocycles. The second-order valence-corrected chi connectivity index (χ2v) is 7.93. The van der Waals surface area contributed by atoms with Gasteiger partial charge >= 0.3 is 0 Å². The third kappa shape index (κ3) is 5.27. The zero-order valence-corrected chi connectivity index (χ0v) is 14.8. The van der Waals surface area contributed by atoms with Crippen molar-refractivity contribution in [3.8, 4) is 0 Å². The second-order valence-electron chi connectivity index (χ2n) is 5.03. The van der Waals surface area contributed by atoms with Crippen molar-refractivity contribution in [1.82, 2.24) is 9.62 Å². The van der Waals surface area contributed by atoms with Gasteiger partial charge in [0, 0.05) is 23.1 Å². The van der Waals surface area contributed by atoms with E-state index in [9.17, 15) is 8.42 Å². The van der Waals surface area contributed by atoms with Gasteiger partial charge in [0.05, 0.1) is 5.75 Å². The molecule has 4 nitrogen and oxygen atoms in total. The molecule has 1 aliphatic rings. The molecule has 21 heavy (non-hydrogen) atoms. The molecule has 0 atom stereocenters. The van der Waals surface area contributed by atoms with Crippen LogP contribution >= 0.6 is 35.6 Å². The molecule has 0 amide bonds. The smallest absolute Gasteiger partial charge is 0.218 e. The van der Waals surface area contributed by atoms with Gasteiger partial charge in [0.1, 0.15) is 0 Å². The van der Waals surface area contributed by atoms with Gasteiger partial charge in [-0.1, -0.05) is 23.2 Å². The fourth-order valence-electron chi connectivity index (χ4n) is 2.40. The van der Waals surface area contributed by atoms with Crippen molar-refractivity contribution in [1.29, 1.82) is 0 Å². The first-order valence-corrected chi connectivity index (χ1v) is 8.86. The number of hydrogen-bond donors (Lipinski definition) is 1. The van der Waals surface area contributed by atoms with Gasteiger partial charge in [-0.15, -0.1) is 12.4 Å². The number of nitrogens with zero attached hydrogens (tertiary/aromatic N) is 1. The van der Waals surface area contributed by atoms with Gasteiger partial charge in [-0.3, -0.25) is 0 Å². The van der Waals surface area contributed by atoms with E-state index in [1.54, 1.807) is 25.2 Å². The van der Waals surface area contributed by atoms with Crippen LogP contribution in [0.4, 0.5) is 0 Å². The molecule has 0 spiro atoms. The first-order valence-electron chi connectivity index (χ1n) is 6.50. The van der Waals surface area contributed by atoms with E-state index in [1.807, 2.05) is 0 Å². The summed E-state index contributed by atoms with van der Waals surface area (Å²) in [6.07, 6.45) is 1.68. The molecule has 0 aliphatic carbocycles. The topological polar surface area (TPSA) is 49.4 Å². The number of rotatable bonds is 4. The average molecular weight is 374 g/mol. The predicted octanol–water partition coefficient (Wildman–Crippen LogP) is 2.93. The van der Waals surface area contributed by atoms with E-state index >= 15 is 0 Å². The number of hydrogen-bond acceptors (Lipinski definition) is 3. The fraction of sp³-hybridized carbons (Fsp3) is 0.538. The van der Waals surface area contributed by atoms with E-state index in [-0.39, 0.29) is 24.2 Å². The molecular formula is C13H19Cl3N2O2S. The Kier molecular flexibility index (Phi) is 7.24. The van der Waals surface area contributed by atoms with Crippen LogP contribution in [0.25, 0.3) is 0 Å². The van der Waals surface area contributed by atoms with Crippen molar-refractivity contribution in [2.75, 3.05) is 20.1 Å². The second kappa shape index (κ2) is 7.99. The van der Waals surface area contributed by atoms with Gasteiger partial charge in [0.25, 0.3) is 0 Å². The normalized spacial score (nSPS) is 16.8. The largest absolute Gasteiger partial charge is 0.317 e. The summed E-state index contributed by atoms with van der Waals surface area (Å²) in [5.74, 6) is -0.0757. The minimum atomic E-state index is -3.36. The van der Waals surface area contributed by atoms with Crippen molar-refractivity contribution in [3.05, 3.63) is 33.8 Å². The third-order valence-electron chi connectivity index (χ3n) is 3.53. The van der Waals surface area contributed by atoms with Gasteiger partial charge in [-0.2, -0.15) is 0 Å². The maximum absolute atomic E-state index is 12.4. The molecule has 1 aromatic rings. The summed E-state index contributed by atoms with van der Waals surface area (Å²) in [6.45, 7) is 1.71. The Balaban J connectivity index is 0.00000220.